The van der Waals surface area contributed by atoms with Crippen LogP contribution in [-0.2, 0) is 5.41 Å². The van der Waals surface area contributed by atoms with E-state index in [1.807, 2.05) is 18.2 Å². The lowest BCUT2D eigenvalue weighted by atomic mass is 9.86. The van der Waals surface area contributed by atoms with Gasteiger partial charge in [0.05, 0.1) is 0 Å². The van der Waals surface area contributed by atoms with E-state index < -0.39 is 0 Å². The van der Waals surface area contributed by atoms with Crippen molar-refractivity contribution in [2.24, 2.45) is 0 Å². The Morgan fingerprint density at radius 2 is 1.61 bits per heavy atom. The molecule has 0 N–H and O–H groups in total. The van der Waals surface area contributed by atoms with Gasteiger partial charge in [0.1, 0.15) is 11.6 Å². The number of nitrogens with zero attached hydrogens (tertiary/aromatic N) is 1. The lowest BCUT2D eigenvalue weighted by molar-refractivity contribution is 0.104. The summed E-state index contributed by atoms with van der Waals surface area (Å²) in [7, 11) is 0. The molecule has 23 heavy (non-hydrogen) atoms. The van der Waals surface area contributed by atoms with E-state index >= 15 is 0 Å². The third-order valence-corrected chi connectivity index (χ3v) is 3.81. The summed E-state index contributed by atoms with van der Waals surface area (Å²) in [6.45, 7) is 6.35. The van der Waals surface area contributed by atoms with Crippen LogP contribution in [0, 0.1) is 11.3 Å². The maximum absolute atomic E-state index is 12.5. The second kappa shape index (κ2) is 6.81. The van der Waals surface area contributed by atoms with Crippen LogP contribution in [0.3, 0.4) is 0 Å². The van der Waals surface area contributed by atoms with Gasteiger partial charge in [-0.2, -0.15) is 5.26 Å². The van der Waals surface area contributed by atoms with Gasteiger partial charge in [-0.25, -0.2) is 0 Å². The maximum atomic E-state index is 12.5. The minimum Gasteiger partial charge on any atom is -0.288 e. The second-order valence-corrected chi connectivity index (χ2v) is 6.81. The van der Waals surface area contributed by atoms with Gasteiger partial charge < -0.3 is 0 Å². The van der Waals surface area contributed by atoms with Gasteiger partial charge in [0, 0.05) is 10.6 Å². The van der Waals surface area contributed by atoms with Crippen LogP contribution in [0.1, 0.15) is 42.3 Å². The van der Waals surface area contributed by atoms with Gasteiger partial charge in [-0.15, -0.1) is 0 Å². The molecule has 0 heterocycles. The summed E-state index contributed by atoms with van der Waals surface area (Å²) in [5, 5.41) is 9.91. The fourth-order valence-electron chi connectivity index (χ4n) is 2.15. The molecule has 3 heteroatoms. The number of allylic oxidation sites excluding steroid dienone is 1. The van der Waals surface area contributed by atoms with Crippen LogP contribution in [-0.4, -0.2) is 5.78 Å². The minimum atomic E-state index is -0.275. The normalized spacial score (nSPS) is 11.9. The molecule has 0 aliphatic carbocycles. The zero-order chi connectivity index (χ0) is 17.0. The van der Waals surface area contributed by atoms with Gasteiger partial charge in [0.15, 0.2) is 0 Å². The van der Waals surface area contributed by atoms with Crippen LogP contribution in [0.2, 0.25) is 5.02 Å². The Kier molecular flexibility index (Phi) is 5.03. The summed E-state index contributed by atoms with van der Waals surface area (Å²) in [4.78, 5) is 12.5. The van der Waals surface area contributed by atoms with Gasteiger partial charge in [0.2, 0.25) is 5.78 Å². The Bertz CT molecular complexity index is 772. The van der Waals surface area contributed by atoms with E-state index in [9.17, 15) is 10.1 Å². The van der Waals surface area contributed by atoms with Crippen molar-refractivity contribution < 1.29 is 4.79 Å². The molecule has 0 saturated heterocycles. The van der Waals surface area contributed by atoms with Crippen molar-refractivity contribution in [2.75, 3.05) is 0 Å². The predicted octanol–water partition coefficient (Wildman–Crippen LogP) is 5.43. The molecule has 2 aromatic rings. The number of nitriles is 1. The molecule has 0 spiro atoms. The van der Waals surface area contributed by atoms with Gasteiger partial charge in [0.25, 0.3) is 0 Å². The van der Waals surface area contributed by atoms with Crippen molar-refractivity contribution in [2.45, 2.75) is 26.2 Å². The van der Waals surface area contributed by atoms with Crippen molar-refractivity contribution in [3.63, 3.8) is 0 Å². The zero-order valence-electron chi connectivity index (χ0n) is 13.4. The van der Waals surface area contributed by atoms with E-state index in [1.165, 1.54) is 0 Å². The number of benzene rings is 2. The SMILES string of the molecule is CC(C)(C)c1ccc(C(=O)/C(C#N)=C/c2ccc(Cl)cc2)cc1. The number of Topliss-reactive ketones (excluding diaryl/α,β-unsaturated/α-hetero) is 1. The predicted molar refractivity (Wildman–Crippen MR) is 94.5 cm³/mol. The molecule has 0 saturated carbocycles. The number of carbonyl (C=O) groups is 1. The Morgan fingerprint density at radius 3 is 2.09 bits per heavy atom. The van der Waals surface area contributed by atoms with Crippen molar-refractivity contribution in [1.29, 1.82) is 5.26 Å². The lowest BCUT2D eigenvalue weighted by Crippen LogP contribution is -2.11. The summed E-state index contributed by atoms with van der Waals surface area (Å²) in [6, 6.07) is 16.4. The van der Waals surface area contributed by atoms with Crippen LogP contribution >= 0.6 is 11.6 Å². The van der Waals surface area contributed by atoms with Crippen LogP contribution < -0.4 is 0 Å². The quantitative estimate of drug-likeness (QED) is 0.429. The molecule has 0 aromatic heterocycles. The highest BCUT2D eigenvalue weighted by atomic mass is 35.5. The van der Waals surface area contributed by atoms with E-state index in [2.05, 4.69) is 20.8 Å². The Labute approximate surface area is 142 Å². The fourth-order valence-corrected chi connectivity index (χ4v) is 2.28. The highest BCUT2D eigenvalue weighted by Crippen LogP contribution is 2.23. The highest BCUT2D eigenvalue weighted by Gasteiger charge is 2.16. The largest absolute Gasteiger partial charge is 0.288 e. The molecule has 0 amide bonds. The third-order valence-electron chi connectivity index (χ3n) is 3.56. The first kappa shape index (κ1) is 17.0. The molecule has 2 nitrogen and oxygen atoms in total. The molecule has 0 fully saturated rings. The summed E-state index contributed by atoms with van der Waals surface area (Å²) in [6.07, 6.45) is 1.58. The number of carbonyl (C=O) groups excluding carboxylic acids is 1. The number of ketones is 1. The topological polar surface area (TPSA) is 40.9 Å². The number of rotatable bonds is 3. The molecule has 0 bridgehead atoms. The molecule has 0 radical (unpaired) electrons. The molecule has 2 aromatic carbocycles. The molecule has 0 aliphatic rings. The standard InChI is InChI=1S/C20H18ClNO/c1-20(2,3)17-8-6-15(7-9-17)19(23)16(13-22)12-14-4-10-18(21)11-5-14/h4-12H,1-3H3/b16-12+. The Balaban J connectivity index is 2.30. The second-order valence-electron chi connectivity index (χ2n) is 6.38. The first-order valence-corrected chi connectivity index (χ1v) is 7.71. The van der Waals surface area contributed by atoms with Gasteiger partial charge in [-0.05, 0) is 34.8 Å². The van der Waals surface area contributed by atoms with Crippen LogP contribution in [0.4, 0.5) is 0 Å². The molecular formula is C20H18ClNO. The molecular weight excluding hydrogens is 306 g/mol. The summed E-state index contributed by atoms with van der Waals surface area (Å²) < 4.78 is 0. The van der Waals surface area contributed by atoms with Gasteiger partial charge >= 0.3 is 0 Å². The average molecular weight is 324 g/mol. The lowest BCUT2D eigenvalue weighted by Gasteiger charge is -2.18. The van der Waals surface area contributed by atoms with Crippen LogP contribution in [0.5, 0.6) is 0 Å². The molecule has 0 unspecified atom stereocenters. The zero-order valence-corrected chi connectivity index (χ0v) is 14.2. The van der Waals surface area contributed by atoms with Crippen LogP contribution in [0.25, 0.3) is 6.08 Å². The van der Waals surface area contributed by atoms with Crippen molar-refractivity contribution in [3.05, 3.63) is 75.8 Å². The van der Waals surface area contributed by atoms with Crippen LogP contribution in [0.15, 0.2) is 54.1 Å². The first-order valence-electron chi connectivity index (χ1n) is 7.34. The van der Waals surface area contributed by atoms with Crippen molar-refractivity contribution >= 4 is 23.5 Å². The monoisotopic (exact) mass is 323 g/mol. The van der Waals surface area contributed by atoms with E-state index in [0.717, 1.165) is 11.1 Å². The smallest absolute Gasteiger partial charge is 0.203 e. The Morgan fingerprint density at radius 1 is 1.04 bits per heavy atom. The summed E-state index contributed by atoms with van der Waals surface area (Å²) >= 11 is 5.84. The van der Waals surface area contributed by atoms with E-state index in [-0.39, 0.29) is 16.8 Å². The average Bonchev–Trinajstić information content (AvgIpc) is 2.53. The molecule has 0 atom stereocenters. The van der Waals surface area contributed by atoms with E-state index in [4.69, 9.17) is 11.6 Å². The summed E-state index contributed by atoms with van der Waals surface area (Å²) in [5.41, 5.74) is 2.56. The third kappa shape index (κ3) is 4.31. The fraction of sp³-hybridized carbons (Fsp3) is 0.200. The Hall–Kier alpha value is -2.37. The molecule has 116 valence electrons. The minimum absolute atomic E-state index is 0.0266. The number of halogens is 1. The molecule has 2 rings (SSSR count). The number of hydrogen-bond acceptors (Lipinski definition) is 2. The van der Waals surface area contributed by atoms with Crippen molar-refractivity contribution in [1.82, 2.24) is 0 Å². The van der Waals surface area contributed by atoms with Gasteiger partial charge in [-0.1, -0.05) is 68.8 Å². The first-order chi connectivity index (χ1) is 10.8. The van der Waals surface area contributed by atoms with Crippen molar-refractivity contribution in [3.8, 4) is 6.07 Å². The molecule has 0 aliphatic heterocycles. The summed E-state index contributed by atoms with van der Waals surface area (Å²) in [5.74, 6) is -0.275. The maximum Gasteiger partial charge on any atom is 0.203 e. The van der Waals surface area contributed by atoms with Gasteiger partial charge in [-0.3, -0.25) is 4.79 Å². The highest BCUT2D eigenvalue weighted by molar-refractivity contribution is 6.30. The van der Waals surface area contributed by atoms with E-state index in [0.29, 0.717) is 10.6 Å². The number of hydrogen-bond donors (Lipinski definition) is 0. The van der Waals surface area contributed by atoms with E-state index in [1.54, 1.807) is 42.5 Å².